The first kappa shape index (κ1) is 14.8. The van der Waals surface area contributed by atoms with Crippen LogP contribution in [-0.4, -0.2) is 17.3 Å². The summed E-state index contributed by atoms with van der Waals surface area (Å²) >= 11 is 2.31. The minimum Gasteiger partial charge on any atom is -0.388 e. The topological polar surface area (TPSA) is 29.5 Å². The van der Waals surface area contributed by atoms with E-state index in [-0.39, 0.29) is 11.7 Å². The van der Waals surface area contributed by atoms with Gasteiger partial charge in [-0.2, -0.15) is 0 Å². The lowest BCUT2D eigenvalue weighted by atomic mass is 9.74. The van der Waals surface area contributed by atoms with Crippen molar-refractivity contribution in [2.75, 3.05) is 6.61 Å². The molecule has 1 aromatic carbocycles. The van der Waals surface area contributed by atoms with Crippen LogP contribution in [0.1, 0.15) is 56.6 Å². The molecule has 1 aliphatic heterocycles. The Morgan fingerprint density at radius 3 is 2.80 bits per heavy atom. The van der Waals surface area contributed by atoms with Gasteiger partial charge in [0, 0.05) is 10.2 Å². The number of rotatable bonds is 2. The van der Waals surface area contributed by atoms with Gasteiger partial charge < -0.3 is 9.84 Å². The fraction of sp³-hybridized carbons (Fsp3) is 0.647. The number of halogens is 1. The van der Waals surface area contributed by atoms with Crippen LogP contribution in [0.2, 0.25) is 0 Å². The van der Waals surface area contributed by atoms with E-state index in [0.29, 0.717) is 5.92 Å². The van der Waals surface area contributed by atoms with Gasteiger partial charge in [0.15, 0.2) is 0 Å². The summed E-state index contributed by atoms with van der Waals surface area (Å²) in [4.78, 5) is 0. The zero-order valence-electron chi connectivity index (χ0n) is 11.9. The summed E-state index contributed by atoms with van der Waals surface area (Å²) in [6.45, 7) is 0.811. The molecule has 0 radical (unpaired) electrons. The molecule has 3 heteroatoms. The Kier molecular flexibility index (Phi) is 4.68. The van der Waals surface area contributed by atoms with Crippen molar-refractivity contribution >= 4 is 22.6 Å². The molecular formula is C17H23IO2. The van der Waals surface area contributed by atoms with Crippen molar-refractivity contribution in [3.05, 3.63) is 33.4 Å². The fourth-order valence-corrected chi connectivity index (χ4v) is 4.41. The van der Waals surface area contributed by atoms with Gasteiger partial charge in [-0.3, -0.25) is 0 Å². The van der Waals surface area contributed by atoms with E-state index in [1.165, 1.54) is 35.7 Å². The molecule has 2 fully saturated rings. The van der Waals surface area contributed by atoms with E-state index in [2.05, 4.69) is 40.8 Å². The van der Waals surface area contributed by atoms with Gasteiger partial charge in [-0.1, -0.05) is 31.4 Å². The molecular weight excluding hydrogens is 363 g/mol. The van der Waals surface area contributed by atoms with E-state index < -0.39 is 0 Å². The normalized spacial score (nSPS) is 27.4. The first-order valence-corrected chi connectivity index (χ1v) is 8.84. The quantitative estimate of drug-likeness (QED) is 0.761. The minimum atomic E-state index is -0.340. The van der Waals surface area contributed by atoms with E-state index in [4.69, 9.17) is 4.74 Å². The predicted octanol–water partition coefficient (Wildman–Crippen LogP) is 4.45. The maximum Gasteiger partial charge on any atom is 0.0820 e. The summed E-state index contributed by atoms with van der Waals surface area (Å²) in [5.74, 6) is 0.347. The third-order valence-electron chi connectivity index (χ3n) is 4.93. The molecule has 2 aliphatic rings. The summed E-state index contributed by atoms with van der Waals surface area (Å²) in [6.07, 6.45) is 7.94. The van der Waals surface area contributed by atoms with E-state index in [0.717, 1.165) is 25.0 Å². The Morgan fingerprint density at radius 2 is 2.05 bits per heavy atom. The van der Waals surface area contributed by atoms with Crippen molar-refractivity contribution in [3.8, 4) is 0 Å². The van der Waals surface area contributed by atoms with Gasteiger partial charge in [0.25, 0.3) is 0 Å². The molecule has 1 aromatic rings. The molecule has 1 aliphatic carbocycles. The van der Waals surface area contributed by atoms with Crippen LogP contribution in [0.4, 0.5) is 0 Å². The van der Waals surface area contributed by atoms with Crippen molar-refractivity contribution in [1.82, 2.24) is 0 Å². The zero-order valence-corrected chi connectivity index (χ0v) is 14.0. The molecule has 20 heavy (non-hydrogen) atoms. The fourth-order valence-electron chi connectivity index (χ4n) is 3.84. The van der Waals surface area contributed by atoms with Gasteiger partial charge in [0.05, 0.1) is 11.7 Å². The monoisotopic (exact) mass is 386 g/mol. The van der Waals surface area contributed by atoms with Gasteiger partial charge in [-0.25, -0.2) is 0 Å². The second-order valence-electron chi connectivity index (χ2n) is 6.34. The molecule has 1 spiro atoms. The first-order chi connectivity index (χ1) is 9.69. The summed E-state index contributed by atoms with van der Waals surface area (Å²) < 4.78 is 7.33. The third kappa shape index (κ3) is 3.20. The molecule has 110 valence electrons. The summed E-state index contributed by atoms with van der Waals surface area (Å²) in [5.41, 5.74) is 1.14. The largest absolute Gasteiger partial charge is 0.388 e. The highest BCUT2D eigenvalue weighted by molar-refractivity contribution is 14.1. The van der Waals surface area contributed by atoms with E-state index in [1.54, 1.807) is 0 Å². The molecule has 2 nitrogen and oxygen atoms in total. The lowest BCUT2D eigenvalue weighted by molar-refractivity contribution is -0.134. The van der Waals surface area contributed by atoms with E-state index >= 15 is 0 Å². The molecule has 1 saturated heterocycles. The van der Waals surface area contributed by atoms with Crippen LogP contribution in [0, 0.1) is 9.49 Å². The molecule has 1 saturated carbocycles. The molecule has 3 rings (SSSR count). The lowest BCUT2D eigenvalue weighted by Crippen LogP contribution is -2.42. The SMILES string of the molecule is OC(c1cccc(I)c1)C1CCOC2(CCCCC2)C1. The average Bonchev–Trinajstić information content (AvgIpc) is 2.47. The van der Waals surface area contributed by atoms with Gasteiger partial charge in [-0.05, 0) is 71.9 Å². The number of aliphatic hydroxyl groups is 1. The van der Waals surface area contributed by atoms with Crippen LogP contribution < -0.4 is 0 Å². The first-order valence-electron chi connectivity index (χ1n) is 7.76. The van der Waals surface area contributed by atoms with Crippen LogP contribution in [0.25, 0.3) is 0 Å². The lowest BCUT2D eigenvalue weighted by Gasteiger charge is -2.44. The summed E-state index contributed by atoms with van der Waals surface area (Å²) in [7, 11) is 0. The van der Waals surface area contributed by atoms with Gasteiger partial charge in [0.2, 0.25) is 0 Å². The number of hydrogen-bond acceptors (Lipinski definition) is 2. The van der Waals surface area contributed by atoms with Crippen LogP contribution in [0.5, 0.6) is 0 Å². The average molecular weight is 386 g/mol. The van der Waals surface area contributed by atoms with Crippen molar-refractivity contribution in [1.29, 1.82) is 0 Å². The van der Waals surface area contributed by atoms with Gasteiger partial charge >= 0.3 is 0 Å². The number of benzene rings is 1. The highest BCUT2D eigenvalue weighted by Crippen LogP contribution is 2.44. The van der Waals surface area contributed by atoms with Crippen LogP contribution >= 0.6 is 22.6 Å². The van der Waals surface area contributed by atoms with Gasteiger partial charge in [-0.15, -0.1) is 0 Å². The van der Waals surface area contributed by atoms with Crippen molar-refractivity contribution in [3.63, 3.8) is 0 Å². The predicted molar refractivity (Wildman–Crippen MR) is 88.6 cm³/mol. The van der Waals surface area contributed by atoms with E-state index in [9.17, 15) is 5.11 Å². The number of hydrogen-bond donors (Lipinski definition) is 1. The highest BCUT2D eigenvalue weighted by Gasteiger charge is 2.40. The van der Waals surface area contributed by atoms with Crippen molar-refractivity contribution in [2.45, 2.75) is 56.7 Å². The Balaban J connectivity index is 1.73. The molecule has 0 amide bonds. The molecule has 0 aromatic heterocycles. The standard InChI is InChI=1S/C17H23IO2/c18-15-6-4-5-13(11-15)16(19)14-7-10-20-17(12-14)8-2-1-3-9-17/h4-6,11,14,16,19H,1-3,7-10,12H2. The maximum absolute atomic E-state index is 10.7. The Bertz CT molecular complexity index is 449. The third-order valence-corrected chi connectivity index (χ3v) is 5.60. The second-order valence-corrected chi connectivity index (χ2v) is 7.59. The summed E-state index contributed by atoms with van der Waals surface area (Å²) in [6, 6.07) is 8.27. The van der Waals surface area contributed by atoms with Gasteiger partial charge in [0.1, 0.15) is 0 Å². The maximum atomic E-state index is 10.7. The Morgan fingerprint density at radius 1 is 1.25 bits per heavy atom. The zero-order chi connectivity index (χ0) is 14.0. The minimum absolute atomic E-state index is 0.0735. The molecule has 0 bridgehead atoms. The number of aliphatic hydroxyl groups excluding tert-OH is 1. The molecule has 1 heterocycles. The highest BCUT2D eigenvalue weighted by atomic mass is 127. The molecule has 2 unspecified atom stereocenters. The Labute approximate surface area is 135 Å². The van der Waals surface area contributed by atoms with Crippen LogP contribution in [0.15, 0.2) is 24.3 Å². The van der Waals surface area contributed by atoms with Crippen molar-refractivity contribution in [2.24, 2.45) is 5.92 Å². The second kappa shape index (κ2) is 6.32. The molecule has 1 N–H and O–H groups in total. The Hall–Kier alpha value is -0.130. The van der Waals surface area contributed by atoms with E-state index in [1.807, 2.05) is 6.07 Å². The van der Waals surface area contributed by atoms with Crippen LogP contribution in [0.3, 0.4) is 0 Å². The smallest absolute Gasteiger partial charge is 0.0820 e. The molecule has 2 atom stereocenters. The summed E-state index contributed by atoms with van der Waals surface area (Å²) in [5, 5.41) is 10.7. The van der Waals surface area contributed by atoms with Crippen LogP contribution in [-0.2, 0) is 4.74 Å². The number of ether oxygens (including phenoxy) is 1. The van der Waals surface area contributed by atoms with Crippen molar-refractivity contribution < 1.29 is 9.84 Å².